The number of benzene rings is 2. The first kappa shape index (κ1) is 19.8. The van der Waals surface area contributed by atoms with E-state index in [0.29, 0.717) is 5.13 Å². The van der Waals surface area contributed by atoms with Crippen LogP contribution in [-0.4, -0.2) is 29.9 Å². The molecule has 0 unspecified atom stereocenters. The van der Waals surface area contributed by atoms with Crippen molar-refractivity contribution < 1.29 is 14.3 Å². The van der Waals surface area contributed by atoms with Crippen LogP contribution in [0.25, 0.3) is 10.2 Å². The molecule has 146 valence electrons. The van der Waals surface area contributed by atoms with Crippen molar-refractivity contribution in [3.8, 4) is 5.75 Å². The number of amides is 2. The second kappa shape index (κ2) is 8.84. The molecule has 7 heteroatoms. The molecule has 2 N–H and O–H groups in total. The predicted molar refractivity (Wildman–Crippen MR) is 112 cm³/mol. The number of nitrogens with one attached hydrogen (secondary N) is 2. The predicted octanol–water partition coefficient (Wildman–Crippen LogP) is 3.63. The lowest BCUT2D eigenvalue weighted by molar-refractivity contribution is -0.127. The van der Waals surface area contributed by atoms with Crippen LogP contribution in [0.15, 0.2) is 48.5 Å². The van der Waals surface area contributed by atoms with Crippen molar-refractivity contribution in [2.24, 2.45) is 5.92 Å². The van der Waals surface area contributed by atoms with Crippen LogP contribution >= 0.6 is 11.3 Å². The van der Waals surface area contributed by atoms with Crippen molar-refractivity contribution in [3.05, 3.63) is 54.1 Å². The molecule has 0 saturated carbocycles. The Kier molecular flexibility index (Phi) is 6.26. The third-order valence-electron chi connectivity index (χ3n) is 4.30. The lowest BCUT2D eigenvalue weighted by atomic mass is 10.0. The summed E-state index contributed by atoms with van der Waals surface area (Å²) in [5.41, 5.74) is 1.69. The molecular formula is C21H23N3O3S. The summed E-state index contributed by atoms with van der Waals surface area (Å²) in [4.78, 5) is 29.6. The Morgan fingerprint density at radius 1 is 1.14 bits per heavy atom. The van der Waals surface area contributed by atoms with Crippen molar-refractivity contribution in [2.45, 2.75) is 26.3 Å². The van der Waals surface area contributed by atoms with E-state index in [-0.39, 0.29) is 24.2 Å². The van der Waals surface area contributed by atoms with Gasteiger partial charge >= 0.3 is 0 Å². The van der Waals surface area contributed by atoms with Crippen LogP contribution in [0.3, 0.4) is 0 Å². The number of anilines is 1. The Labute approximate surface area is 167 Å². The van der Waals surface area contributed by atoms with Gasteiger partial charge in [-0.25, -0.2) is 4.98 Å². The number of methoxy groups -OCH3 is 1. The van der Waals surface area contributed by atoms with E-state index in [9.17, 15) is 9.59 Å². The molecular weight excluding hydrogens is 374 g/mol. The summed E-state index contributed by atoms with van der Waals surface area (Å²) < 4.78 is 6.14. The number of carbonyl (C=O) groups is 2. The summed E-state index contributed by atoms with van der Waals surface area (Å²) >= 11 is 1.37. The fourth-order valence-electron chi connectivity index (χ4n) is 2.81. The third kappa shape index (κ3) is 4.86. The molecule has 1 atom stereocenters. The number of ether oxygens (including phenoxy) is 1. The standard InChI is InChI=1S/C21H23N3O3S/c1-13(2)19(23-18(25)11-14-7-5-4-6-8-14)20(26)24-21-22-16-10-9-15(27-3)12-17(16)28-21/h4-10,12-13,19H,11H2,1-3H3,(H,23,25)(H,22,24,26)/t19-/m0/s1. The summed E-state index contributed by atoms with van der Waals surface area (Å²) in [7, 11) is 1.61. The first-order chi connectivity index (χ1) is 13.5. The Balaban J connectivity index is 1.68. The van der Waals surface area contributed by atoms with Gasteiger partial charge in [-0.2, -0.15) is 0 Å². The van der Waals surface area contributed by atoms with Gasteiger partial charge in [0.25, 0.3) is 0 Å². The maximum absolute atomic E-state index is 12.8. The van der Waals surface area contributed by atoms with Crippen molar-refractivity contribution in [1.29, 1.82) is 0 Å². The van der Waals surface area contributed by atoms with E-state index in [1.54, 1.807) is 7.11 Å². The molecule has 1 heterocycles. The number of thiazole rings is 1. The van der Waals surface area contributed by atoms with Crippen LogP contribution < -0.4 is 15.4 Å². The fourth-order valence-corrected chi connectivity index (χ4v) is 3.71. The summed E-state index contributed by atoms with van der Waals surface area (Å²) in [5.74, 6) is 0.216. The number of nitrogens with zero attached hydrogens (tertiary/aromatic N) is 1. The topological polar surface area (TPSA) is 80.3 Å². The minimum absolute atomic E-state index is 0.0609. The Morgan fingerprint density at radius 3 is 2.57 bits per heavy atom. The fraction of sp³-hybridized carbons (Fsp3) is 0.286. The monoisotopic (exact) mass is 397 g/mol. The van der Waals surface area contributed by atoms with E-state index in [2.05, 4.69) is 15.6 Å². The molecule has 2 amide bonds. The molecule has 0 saturated heterocycles. The second-order valence-electron chi connectivity index (χ2n) is 6.79. The maximum Gasteiger partial charge on any atom is 0.248 e. The number of hydrogen-bond acceptors (Lipinski definition) is 5. The van der Waals surface area contributed by atoms with Gasteiger partial charge < -0.3 is 15.4 Å². The Morgan fingerprint density at radius 2 is 1.89 bits per heavy atom. The van der Waals surface area contributed by atoms with E-state index in [1.807, 2.05) is 62.4 Å². The Hall–Kier alpha value is -2.93. The highest BCUT2D eigenvalue weighted by Gasteiger charge is 2.25. The number of fused-ring (bicyclic) bond motifs is 1. The first-order valence-electron chi connectivity index (χ1n) is 9.05. The van der Waals surface area contributed by atoms with E-state index in [4.69, 9.17) is 4.74 Å². The maximum atomic E-state index is 12.8. The largest absolute Gasteiger partial charge is 0.497 e. The van der Waals surface area contributed by atoms with E-state index >= 15 is 0 Å². The second-order valence-corrected chi connectivity index (χ2v) is 7.82. The van der Waals surface area contributed by atoms with Crippen molar-refractivity contribution in [1.82, 2.24) is 10.3 Å². The third-order valence-corrected chi connectivity index (χ3v) is 5.23. The molecule has 0 aliphatic heterocycles. The molecule has 6 nitrogen and oxygen atoms in total. The van der Waals surface area contributed by atoms with Gasteiger partial charge in [-0.05, 0) is 29.7 Å². The normalized spacial score (nSPS) is 12.0. The molecule has 0 spiro atoms. The van der Waals surface area contributed by atoms with Gasteiger partial charge in [0.15, 0.2) is 5.13 Å². The molecule has 0 radical (unpaired) electrons. The quantitative estimate of drug-likeness (QED) is 0.638. The molecule has 2 aromatic carbocycles. The average molecular weight is 398 g/mol. The zero-order valence-electron chi connectivity index (χ0n) is 16.1. The summed E-state index contributed by atoms with van der Waals surface area (Å²) in [6.45, 7) is 3.80. The number of carbonyl (C=O) groups excluding carboxylic acids is 2. The van der Waals surface area contributed by atoms with Gasteiger partial charge in [0.05, 0.1) is 23.7 Å². The summed E-state index contributed by atoms with van der Waals surface area (Å²) in [5, 5.41) is 6.17. The van der Waals surface area contributed by atoms with E-state index < -0.39 is 6.04 Å². The van der Waals surface area contributed by atoms with Crippen LogP contribution in [0.4, 0.5) is 5.13 Å². The van der Waals surface area contributed by atoms with Crippen LogP contribution in [0.1, 0.15) is 19.4 Å². The zero-order chi connectivity index (χ0) is 20.1. The lowest BCUT2D eigenvalue weighted by Gasteiger charge is -2.21. The van der Waals surface area contributed by atoms with Crippen LogP contribution in [0.5, 0.6) is 5.75 Å². The molecule has 28 heavy (non-hydrogen) atoms. The zero-order valence-corrected chi connectivity index (χ0v) is 16.9. The molecule has 0 bridgehead atoms. The van der Waals surface area contributed by atoms with Crippen molar-refractivity contribution in [2.75, 3.05) is 12.4 Å². The highest BCUT2D eigenvalue weighted by molar-refractivity contribution is 7.22. The summed E-state index contributed by atoms with van der Waals surface area (Å²) in [6, 6.07) is 14.4. The number of hydrogen-bond donors (Lipinski definition) is 2. The molecule has 3 aromatic rings. The SMILES string of the molecule is COc1ccc2nc(NC(=O)[C@@H](NC(=O)Cc3ccccc3)C(C)C)sc2c1. The van der Waals surface area contributed by atoms with Crippen LogP contribution in [0.2, 0.25) is 0 Å². The van der Waals surface area contributed by atoms with Gasteiger partial charge in [0, 0.05) is 0 Å². The van der Waals surface area contributed by atoms with E-state index in [1.165, 1.54) is 11.3 Å². The minimum atomic E-state index is -0.641. The first-order valence-corrected chi connectivity index (χ1v) is 9.86. The smallest absolute Gasteiger partial charge is 0.248 e. The number of rotatable bonds is 7. The molecule has 0 aliphatic rings. The van der Waals surface area contributed by atoms with E-state index in [0.717, 1.165) is 21.5 Å². The minimum Gasteiger partial charge on any atom is -0.497 e. The summed E-state index contributed by atoms with van der Waals surface area (Å²) in [6.07, 6.45) is 0.234. The highest BCUT2D eigenvalue weighted by Crippen LogP contribution is 2.29. The van der Waals surface area contributed by atoms with Gasteiger partial charge in [-0.1, -0.05) is 55.5 Å². The molecule has 0 aliphatic carbocycles. The van der Waals surface area contributed by atoms with Gasteiger partial charge in [0.1, 0.15) is 11.8 Å². The molecule has 3 rings (SSSR count). The highest BCUT2D eigenvalue weighted by atomic mass is 32.1. The number of aromatic nitrogens is 1. The van der Waals surface area contributed by atoms with Gasteiger partial charge in [0.2, 0.25) is 11.8 Å². The lowest BCUT2D eigenvalue weighted by Crippen LogP contribution is -2.47. The van der Waals surface area contributed by atoms with Crippen molar-refractivity contribution >= 4 is 38.5 Å². The van der Waals surface area contributed by atoms with Crippen molar-refractivity contribution in [3.63, 3.8) is 0 Å². The Bertz CT molecular complexity index is 969. The van der Waals surface area contributed by atoms with Crippen LogP contribution in [0, 0.1) is 5.92 Å². The molecule has 1 aromatic heterocycles. The van der Waals surface area contributed by atoms with Gasteiger partial charge in [-0.3, -0.25) is 9.59 Å². The van der Waals surface area contributed by atoms with Gasteiger partial charge in [-0.15, -0.1) is 0 Å². The van der Waals surface area contributed by atoms with Crippen LogP contribution in [-0.2, 0) is 16.0 Å². The average Bonchev–Trinajstić information content (AvgIpc) is 3.07. The molecule has 0 fully saturated rings.